The van der Waals surface area contributed by atoms with Crippen molar-refractivity contribution < 1.29 is 14.5 Å². The monoisotopic (exact) mass is 355 g/mol. The van der Waals surface area contributed by atoms with Crippen LogP contribution in [0.1, 0.15) is 25.5 Å². The molecule has 0 saturated heterocycles. The number of carbonyl (C=O) groups excluding carboxylic acids is 1. The molecule has 1 aromatic carbocycles. The van der Waals surface area contributed by atoms with Crippen molar-refractivity contribution in [3.05, 3.63) is 50.2 Å². The molecule has 0 aliphatic carbocycles. The van der Waals surface area contributed by atoms with Gasteiger partial charge in [-0.25, -0.2) is 4.79 Å². The molecule has 0 fully saturated rings. The van der Waals surface area contributed by atoms with Crippen LogP contribution in [0.4, 0.5) is 5.69 Å². The first-order valence-electron chi connectivity index (χ1n) is 6.74. The molecular weight excluding hydrogens is 342 g/mol. The molecule has 1 heterocycles. The summed E-state index contributed by atoms with van der Waals surface area (Å²) in [5, 5.41) is 17.2. The number of ether oxygens (including phenoxy) is 1. The van der Waals surface area contributed by atoms with E-state index in [1.54, 1.807) is 19.9 Å². The second-order valence-electron chi connectivity index (χ2n) is 4.76. The van der Waals surface area contributed by atoms with Gasteiger partial charge in [-0.3, -0.25) is 10.1 Å². The minimum Gasteiger partial charge on any atom is -0.463 e. The molecule has 0 radical (unpaired) electrons. The number of hydrogen-bond acceptors (Lipinski definition) is 5. The Morgan fingerprint density at radius 2 is 2.22 bits per heavy atom. The molecule has 122 valence electrons. The number of nitrogens with zero attached hydrogens (tertiary/aromatic N) is 1. The lowest BCUT2D eigenvalue weighted by Gasteiger charge is -2.29. The molecular formula is C14H14ClN3O4S. The maximum Gasteiger partial charge on any atom is 0.338 e. The fourth-order valence-corrected chi connectivity index (χ4v) is 2.73. The van der Waals surface area contributed by atoms with Gasteiger partial charge < -0.3 is 15.4 Å². The highest BCUT2D eigenvalue weighted by Crippen LogP contribution is 2.32. The number of halogens is 1. The molecule has 1 aliphatic rings. The van der Waals surface area contributed by atoms with E-state index in [1.165, 1.54) is 12.1 Å². The van der Waals surface area contributed by atoms with E-state index in [-0.39, 0.29) is 17.3 Å². The van der Waals surface area contributed by atoms with E-state index in [2.05, 4.69) is 10.6 Å². The van der Waals surface area contributed by atoms with Gasteiger partial charge in [0.15, 0.2) is 5.11 Å². The predicted molar refractivity (Wildman–Crippen MR) is 89.0 cm³/mol. The number of benzene rings is 1. The number of nitrogens with one attached hydrogen (secondary N) is 2. The number of nitro groups is 1. The van der Waals surface area contributed by atoms with Crippen molar-refractivity contribution >= 4 is 40.6 Å². The largest absolute Gasteiger partial charge is 0.463 e. The summed E-state index contributed by atoms with van der Waals surface area (Å²) in [5.74, 6) is -0.518. The van der Waals surface area contributed by atoms with Crippen LogP contribution in [-0.4, -0.2) is 22.6 Å². The number of thiocarbonyl (C=S) groups is 1. The molecule has 1 aromatic rings. The van der Waals surface area contributed by atoms with Gasteiger partial charge in [0.05, 0.1) is 23.1 Å². The molecule has 23 heavy (non-hydrogen) atoms. The Kier molecular flexibility index (Phi) is 5.17. The molecule has 1 aliphatic heterocycles. The van der Waals surface area contributed by atoms with Crippen molar-refractivity contribution in [1.82, 2.24) is 10.6 Å². The van der Waals surface area contributed by atoms with E-state index in [0.717, 1.165) is 0 Å². The minimum absolute atomic E-state index is 0.0219. The van der Waals surface area contributed by atoms with Crippen LogP contribution in [0.15, 0.2) is 29.5 Å². The van der Waals surface area contributed by atoms with Crippen molar-refractivity contribution in [3.63, 3.8) is 0 Å². The number of allylic oxidation sites excluding steroid dienone is 1. The third-order valence-corrected chi connectivity index (χ3v) is 3.80. The summed E-state index contributed by atoms with van der Waals surface area (Å²) in [6, 6.07) is 3.69. The topological polar surface area (TPSA) is 93.5 Å². The lowest BCUT2D eigenvalue weighted by atomic mass is 9.95. The smallest absolute Gasteiger partial charge is 0.338 e. The summed E-state index contributed by atoms with van der Waals surface area (Å²) in [7, 11) is 0. The number of nitro benzene ring substituents is 1. The summed E-state index contributed by atoms with van der Waals surface area (Å²) in [5.41, 5.74) is 1.11. The highest BCUT2D eigenvalue weighted by molar-refractivity contribution is 7.80. The normalized spacial score (nSPS) is 17.3. The van der Waals surface area contributed by atoms with Crippen LogP contribution in [0, 0.1) is 10.1 Å². The van der Waals surface area contributed by atoms with Gasteiger partial charge in [0.1, 0.15) is 5.02 Å². The Balaban J connectivity index is 2.52. The standard InChI is InChI=1S/C14H14ClN3O4S/c1-3-22-13(19)11-7(2)16-14(23)17-12(11)8-4-5-9(15)10(6-8)18(20)21/h4-6,12H,3H2,1-2H3,(H2,16,17,23)/t12-/m1/s1. The number of rotatable bonds is 4. The van der Waals surface area contributed by atoms with Crippen LogP contribution in [0.25, 0.3) is 0 Å². The lowest BCUT2D eigenvalue weighted by Crippen LogP contribution is -2.45. The van der Waals surface area contributed by atoms with Gasteiger partial charge in [0.25, 0.3) is 5.69 Å². The Morgan fingerprint density at radius 1 is 1.52 bits per heavy atom. The van der Waals surface area contributed by atoms with Gasteiger partial charge in [-0.05, 0) is 37.7 Å². The van der Waals surface area contributed by atoms with Gasteiger partial charge in [-0.1, -0.05) is 17.7 Å². The van der Waals surface area contributed by atoms with Gasteiger partial charge in [0.2, 0.25) is 0 Å². The zero-order valence-electron chi connectivity index (χ0n) is 12.4. The summed E-state index contributed by atoms with van der Waals surface area (Å²) >= 11 is 10.9. The summed E-state index contributed by atoms with van der Waals surface area (Å²) in [6.45, 7) is 3.61. The number of esters is 1. The second-order valence-corrected chi connectivity index (χ2v) is 5.57. The van der Waals surface area contributed by atoms with Crippen LogP contribution in [0.3, 0.4) is 0 Å². The number of carbonyl (C=O) groups is 1. The first kappa shape index (κ1) is 17.2. The Bertz CT molecular complexity index is 720. The average Bonchev–Trinajstić information content (AvgIpc) is 2.46. The maximum absolute atomic E-state index is 12.2. The van der Waals surface area contributed by atoms with Gasteiger partial charge in [0, 0.05) is 11.8 Å². The Labute approximate surface area is 142 Å². The van der Waals surface area contributed by atoms with Crippen LogP contribution >= 0.6 is 23.8 Å². The third-order valence-electron chi connectivity index (χ3n) is 3.26. The zero-order chi connectivity index (χ0) is 17.1. The van der Waals surface area contributed by atoms with Crippen LogP contribution in [-0.2, 0) is 9.53 Å². The fourth-order valence-electron chi connectivity index (χ4n) is 2.27. The van der Waals surface area contributed by atoms with E-state index in [4.69, 9.17) is 28.6 Å². The SMILES string of the molecule is CCOC(=O)C1=C(C)NC(=S)N[C@@H]1c1ccc(Cl)c([N+](=O)[O-])c1. The molecule has 9 heteroatoms. The van der Waals surface area contributed by atoms with E-state index in [0.29, 0.717) is 21.9 Å². The summed E-state index contributed by atoms with van der Waals surface area (Å²) in [4.78, 5) is 22.7. The highest BCUT2D eigenvalue weighted by Gasteiger charge is 2.32. The molecule has 0 unspecified atom stereocenters. The van der Waals surface area contributed by atoms with Crippen molar-refractivity contribution in [3.8, 4) is 0 Å². The second kappa shape index (κ2) is 6.93. The van der Waals surface area contributed by atoms with Crippen molar-refractivity contribution in [2.24, 2.45) is 0 Å². The predicted octanol–water partition coefficient (Wildman–Crippen LogP) is 2.60. The van der Waals surface area contributed by atoms with E-state index in [1.807, 2.05) is 0 Å². The minimum atomic E-state index is -0.654. The summed E-state index contributed by atoms with van der Waals surface area (Å²) < 4.78 is 5.06. The molecule has 0 amide bonds. The molecule has 2 N–H and O–H groups in total. The van der Waals surface area contributed by atoms with Crippen molar-refractivity contribution in [2.45, 2.75) is 19.9 Å². The fraction of sp³-hybridized carbons (Fsp3) is 0.286. The Hall–Kier alpha value is -2.19. The quantitative estimate of drug-likeness (QED) is 0.371. The first-order valence-corrected chi connectivity index (χ1v) is 7.53. The van der Waals surface area contributed by atoms with Gasteiger partial charge >= 0.3 is 5.97 Å². The molecule has 1 atom stereocenters. The van der Waals surface area contributed by atoms with E-state index in [9.17, 15) is 14.9 Å². The molecule has 2 rings (SSSR count). The van der Waals surface area contributed by atoms with E-state index < -0.39 is 16.9 Å². The average molecular weight is 356 g/mol. The van der Waals surface area contributed by atoms with Crippen LogP contribution in [0.5, 0.6) is 0 Å². The Morgan fingerprint density at radius 3 is 2.83 bits per heavy atom. The highest BCUT2D eigenvalue weighted by atomic mass is 35.5. The summed E-state index contributed by atoms with van der Waals surface area (Å²) in [6.07, 6.45) is 0. The number of hydrogen-bond donors (Lipinski definition) is 2. The first-order chi connectivity index (χ1) is 10.8. The van der Waals surface area contributed by atoms with Crippen LogP contribution < -0.4 is 10.6 Å². The maximum atomic E-state index is 12.2. The van der Waals surface area contributed by atoms with Crippen LogP contribution in [0.2, 0.25) is 5.02 Å². The van der Waals surface area contributed by atoms with E-state index >= 15 is 0 Å². The zero-order valence-corrected chi connectivity index (χ0v) is 14.0. The van der Waals surface area contributed by atoms with Gasteiger partial charge in [-0.2, -0.15) is 0 Å². The molecule has 0 aromatic heterocycles. The van der Waals surface area contributed by atoms with Crippen molar-refractivity contribution in [1.29, 1.82) is 0 Å². The lowest BCUT2D eigenvalue weighted by molar-refractivity contribution is -0.384. The third kappa shape index (κ3) is 3.59. The molecule has 7 nitrogen and oxygen atoms in total. The molecule has 0 spiro atoms. The van der Waals surface area contributed by atoms with Gasteiger partial charge in [-0.15, -0.1) is 0 Å². The van der Waals surface area contributed by atoms with Crippen molar-refractivity contribution in [2.75, 3.05) is 6.61 Å². The molecule has 0 saturated carbocycles. The molecule has 0 bridgehead atoms.